The van der Waals surface area contributed by atoms with Crippen LogP contribution in [0.25, 0.3) is 10.9 Å². The van der Waals surface area contributed by atoms with E-state index in [9.17, 15) is 4.79 Å². The molecule has 0 aliphatic carbocycles. The van der Waals surface area contributed by atoms with Crippen molar-refractivity contribution in [2.24, 2.45) is 0 Å². The summed E-state index contributed by atoms with van der Waals surface area (Å²) in [6.07, 6.45) is 0.865. The molecule has 2 aromatic rings. The molecule has 0 radical (unpaired) electrons. The maximum atomic E-state index is 12.2. The van der Waals surface area contributed by atoms with Crippen LogP contribution in [0.4, 0.5) is 0 Å². The first kappa shape index (κ1) is 14.3. The average molecular weight is 272 g/mol. The highest BCUT2D eigenvalue weighted by Crippen LogP contribution is 2.19. The Morgan fingerprint density at radius 2 is 2.05 bits per heavy atom. The molecule has 20 heavy (non-hydrogen) atoms. The minimum Gasteiger partial charge on any atom is -0.497 e. The first-order chi connectivity index (χ1) is 9.45. The Bertz CT molecular complexity index is 635. The number of nitrogens with one attached hydrogen (secondary N) is 1. The molecule has 1 amide bonds. The first-order valence-electron chi connectivity index (χ1n) is 6.72. The van der Waals surface area contributed by atoms with Crippen LogP contribution in [0.2, 0.25) is 0 Å². The zero-order valence-electron chi connectivity index (χ0n) is 12.4. The summed E-state index contributed by atoms with van der Waals surface area (Å²) in [5.74, 6) is 0.637. The fourth-order valence-electron chi connectivity index (χ4n) is 1.82. The number of rotatable bonds is 4. The number of nitrogens with zero attached hydrogens (tertiary/aromatic N) is 1. The zero-order chi connectivity index (χ0) is 14.8. The van der Waals surface area contributed by atoms with E-state index < -0.39 is 0 Å². The number of fused-ring (bicyclic) bond motifs is 1. The summed E-state index contributed by atoms with van der Waals surface area (Å²) < 4.78 is 5.17. The number of carbonyl (C=O) groups is 1. The van der Waals surface area contributed by atoms with Crippen LogP contribution in [0.3, 0.4) is 0 Å². The van der Waals surface area contributed by atoms with E-state index in [0.717, 1.165) is 23.1 Å². The van der Waals surface area contributed by atoms with Gasteiger partial charge in [0.1, 0.15) is 11.4 Å². The van der Waals surface area contributed by atoms with Gasteiger partial charge in [0.25, 0.3) is 5.91 Å². The molecule has 0 aliphatic rings. The molecule has 106 valence electrons. The normalized spacial score (nSPS) is 11.4. The minimum absolute atomic E-state index is 0.144. The Hall–Kier alpha value is -2.10. The molecule has 1 N–H and O–H groups in total. The van der Waals surface area contributed by atoms with Crippen LogP contribution in [0.1, 0.15) is 37.7 Å². The lowest BCUT2D eigenvalue weighted by atomic mass is 10.0. The lowest BCUT2D eigenvalue weighted by Crippen LogP contribution is -2.43. The lowest BCUT2D eigenvalue weighted by Gasteiger charge is -2.24. The van der Waals surface area contributed by atoms with Crippen LogP contribution in [0.15, 0.2) is 30.3 Å². The predicted molar refractivity (Wildman–Crippen MR) is 80.1 cm³/mol. The molecule has 0 fully saturated rings. The minimum atomic E-state index is -0.229. The molecule has 4 nitrogen and oxygen atoms in total. The van der Waals surface area contributed by atoms with Crippen molar-refractivity contribution in [1.82, 2.24) is 10.3 Å². The van der Waals surface area contributed by atoms with E-state index in [4.69, 9.17) is 4.74 Å². The highest BCUT2D eigenvalue weighted by atomic mass is 16.5. The Labute approximate surface area is 119 Å². The third-order valence-electron chi connectivity index (χ3n) is 3.46. The number of amides is 1. The van der Waals surface area contributed by atoms with E-state index in [2.05, 4.69) is 10.3 Å². The average Bonchev–Trinajstić information content (AvgIpc) is 2.45. The summed E-state index contributed by atoms with van der Waals surface area (Å²) >= 11 is 0. The Kier molecular flexibility index (Phi) is 3.93. The van der Waals surface area contributed by atoms with Crippen LogP contribution < -0.4 is 10.1 Å². The van der Waals surface area contributed by atoms with Crippen molar-refractivity contribution in [3.8, 4) is 5.75 Å². The fraction of sp³-hybridized carbons (Fsp3) is 0.375. The number of methoxy groups -OCH3 is 1. The molecule has 0 unspecified atom stereocenters. The van der Waals surface area contributed by atoms with Gasteiger partial charge in [-0.25, -0.2) is 4.98 Å². The van der Waals surface area contributed by atoms with E-state index in [-0.39, 0.29) is 11.4 Å². The van der Waals surface area contributed by atoms with Crippen LogP contribution in [-0.2, 0) is 0 Å². The second kappa shape index (κ2) is 5.49. The smallest absolute Gasteiger partial charge is 0.270 e. The molecule has 0 aliphatic heterocycles. The molecule has 1 aromatic heterocycles. The molecule has 2 rings (SSSR count). The quantitative estimate of drug-likeness (QED) is 0.930. The number of hydrogen-bond acceptors (Lipinski definition) is 3. The van der Waals surface area contributed by atoms with Gasteiger partial charge in [0.05, 0.1) is 12.6 Å². The highest BCUT2D eigenvalue weighted by Gasteiger charge is 2.19. The van der Waals surface area contributed by atoms with Gasteiger partial charge < -0.3 is 10.1 Å². The molecule has 0 bridgehead atoms. The second-order valence-corrected chi connectivity index (χ2v) is 5.45. The maximum Gasteiger partial charge on any atom is 0.270 e. The SMILES string of the molecule is CCC(C)(C)NC(=O)c1ccc2cc(OC)ccc2n1. The first-order valence-corrected chi connectivity index (χ1v) is 6.72. The van der Waals surface area contributed by atoms with Gasteiger partial charge in [-0.1, -0.05) is 13.0 Å². The lowest BCUT2D eigenvalue weighted by molar-refractivity contribution is 0.0906. The monoisotopic (exact) mass is 272 g/mol. The van der Waals surface area contributed by atoms with Gasteiger partial charge in [-0.3, -0.25) is 4.79 Å². The summed E-state index contributed by atoms with van der Waals surface area (Å²) in [4.78, 5) is 16.6. The summed E-state index contributed by atoms with van der Waals surface area (Å²) in [5.41, 5.74) is 0.991. The number of benzene rings is 1. The van der Waals surface area contributed by atoms with Crippen LogP contribution >= 0.6 is 0 Å². The number of hydrogen-bond donors (Lipinski definition) is 1. The van der Waals surface area contributed by atoms with Gasteiger partial charge in [-0.05, 0) is 44.5 Å². The third kappa shape index (κ3) is 3.07. The van der Waals surface area contributed by atoms with Gasteiger partial charge in [0.2, 0.25) is 0 Å². The largest absolute Gasteiger partial charge is 0.497 e. The van der Waals surface area contributed by atoms with Crippen molar-refractivity contribution in [3.63, 3.8) is 0 Å². The van der Waals surface area contributed by atoms with Crippen molar-refractivity contribution >= 4 is 16.8 Å². The Balaban J connectivity index is 2.30. The summed E-state index contributed by atoms with van der Waals surface area (Å²) in [6, 6.07) is 9.23. The van der Waals surface area contributed by atoms with Gasteiger partial charge in [-0.2, -0.15) is 0 Å². The van der Waals surface area contributed by atoms with Crippen molar-refractivity contribution < 1.29 is 9.53 Å². The molecule has 4 heteroatoms. The molecular weight excluding hydrogens is 252 g/mol. The standard InChI is InChI=1S/C16H20N2O2/c1-5-16(2,3)18-15(19)14-8-6-11-10-12(20-4)7-9-13(11)17-14/h6-10H,5H2,1-4H3,(H,18,19). The highest BCUT2D eigenvalue weighted by molar-refractivity contribution is 5.95. The van der Waals surface area contributed by atoms with Crippen molar-refractivity contribution in [2.45, 2.75) is 32.7 Å². The van der Waals surface area contributed by atoms with Crippen LogP contribution in [0, 0.1) is 0 Å². The Morgan fingerprint density at radius 3 is 2.70 bits per heavy atom. The summed E-state index contributed by atoms with van der Waals surface area (Å²) in [5, 5.41) is 3.94. The molecule has 0 saturated heterocycles. The van der Waals surface area contributed by atoms with Crippen molar-refractivity contribution in [1.29, 1.82) is 0 Å². The van der Waals surface area contributed by atoms with E-state index in [1.54, 1.807) is 13.2 Å². The molecule has 1 aromatic carbocycles. The van der Waals surface area contributed by atoms with E-state index in [1.165, 1.54) is 0 Å². The number of carbonyl (C=O) groups excluding carboxylic acids is 1. The van der Waals surface area contributed by atoms with Gasteiger partial charge in [-0.15, -0.1) is 0 Å². The Morgan fingerprint density at radius 1 is 1.30 bits per heavy atom. The van der Waals surface area contributed by atoms with Crippen LogP contribution in [0.5, 0.6) is 5.75 Å². The molecule has 0 spiro atoms. The molecule has 1 heterocycles. The molecule has 0 saturated carbocycles. The van der Waals surface area contributed by atoms with Crippen molar-refractivity contribution in [3.05, 3.63) is 36.0 Å². The molecular formula is C16H20N2O2. The van der Waals surface area contributed by atoms with Crippen LogP contribution in [-0.4, -0.2) is 23.5 Å². The number of ether oxygens (including phenoxy) is 1. The number of pyridine rings is 1. The number of aromatic nitrogens is 1. The van der Waals surface area contributed by atoms with Gasteiger partial charge in [0, 0.05) is 10.9 Å². The van der Waals surface area contributed by atoms with Gasteiger partial charge in [0.15, 0.2) is 0 Å². The topological polar surface area (TPSA) is 51.2 Å². The zero-order valence-corrected chi connectivity index (χ0v) is 12.4. The fourth-order valence-corrected chi connectivity index (χ4v) is 1.82. The predicted octanol–water partition coefficient (Wildman–Crippen LogP) is 3.16. The summed E-state index contributed by atoms with van der Waals surface area (Å²) in [7, 11) is 1.63. The van der Waals surface area contributed by atoms with E-state index in [0.29, 0.717) is 5.69 Å². The molecule has 0 atom stereocenters. The van der Waals surface area contributed by atoms with Gasteiger partial charge >= 0.3 is 0 Å². The third-order valence-corrected chi connectivity index (χ3v) is 3.46. The second-order valence-electron chi connectivity index (χ2n) is 5.45. The maximum absolute atomic E-state index is 12.2. The van der Waals surface area contributed by atoms with E-state index >= 15 is 0 Å². The van der Waals surface area contributed by atoms with E-state index in [1.807, 2.05) is 45.0 Å². The summed E-state index contributed by atoms with van der Waals surface area (Å²) in [6.45, 7) is 6.04. The van der Waals surface area contributed by atoms with Crippen molar-refractivity contribution in [2.75, 3.05) is 7.11 Å².